The summed E-state index contributed by atoms with van der Waals surface area (Å²) in [5.41, 5.74) is 3.73. The van der Waals surface area contributed by atoms with Gasteiger partial charge in [0.25, 0.3) is 0 Å². The van der Waals surface area contributed by atoms with Crippen molar-refractivity contribution in [1.82, 2.24) is 14.8 Å². The zero-order valence-corrected chi connectivity index (χ0v) is 11.1. The molecule has 0 saturated carbocycles. The lowest BCUT2D eigenvalue weighted by Crippen LogP contribution is -2.14. The van der Waals surface area contributed by atoms with Crippen LogP contribution in [0.3, 0.4) is 0 Å². The third-order valence-electron chi connectivity index (χ3n) is 2.94. The predicted molar refractivity (Wildman–Crippen MR) is 75.2 cm³/mol. The molecule has 0 aliphatic carbocycles. The van der Waals surface area contributed by atoms with Gasteiger partial charge >= 0.3 is 0 Å². The highest BCUT2D eigenvalue weighted by molar-refractivity contribution is 7.13. The van der Waals surface area contributed by atoms with Crippen LogP contribution in [0.5, 0.6) is 0 Å². The van der Waals surface area contributed by atoms with Gasteiger partial charge < -0.3 is 9.88 Å². The molecule has 2 heterocycles. The lowest BCUT2D eigenvalue weighted by molar-refractivity contribution is -0.115. The number of nitrogens with one attached hydrogen (secondary N) is 1. The van der Waals surface area contributed by atoms with Crippen LogP contribution in [0, 0.1) is 0 Å². The molecule has 19 heavy (non-hydrogen) atoms. The summed E-state index contributed by atoms with van der Waals surface area (Å²) in [6.07, 6.45) is 2.32. The van der Waals surface area contributed by atoms with E-state index in [0.29, 0.717) is 11.6 Å². The fourth-order valence-electron chi connectivity index (χ4n) is 2.13. The van der Waals surface area contributed by atoms with E-state index in [9.17, 15) is 4.79 Å². The maximum absolute atomic E-state index is 12.0. The van der Waals surface area contributed by atoms with Crippen LogP contribution in [0.4, 0.5) is 5.13 Å². The zero-order valence-electron chi connectivity index (χ0n) is 10.3. The van der Waals surface area contributed by atoms with Crippen molar-refractivity contribution in [3.63, 3.8) is 0 Å². The van der Waals surface area contributed by atoms with Gasteiger partial charge in [0.05, 0.1) is 6.42 Å². The molecule has 3 rings (SSSR count). The minimum Gasteiger partial charge on any atom is -0.350 e. The fraction of sp³-hybridized carbons (Fsp3) is 0.154. The molecule has 2 aromatic heterocycles. The third-order valence-corrected chi connectivity index (χ3v) is 3.54. The minimum absolute atomic E-state index is 0.0758. The number of hydrogen-bond acceptors (Lipinski definition) is 4. The highest BCUT2D eigenvalue weighted by Gasteiger charge is 2.11. The van der Waals surface area contributed by atoms with Crippen molar-refractivity contribution >= 4 is 33.3 Å². The lowest BCUT2D eigenvalue weighted by Gasteiger charge is -2.00. The van der Waals surface area contributed by atoms with Crippen molar-refractivity contribution in [1.29, 1.82) is 0 Å². The van der Waals surface area contributed by atoms with E-state index >= 15 is 0 Å². The molecular formula is C13H12N4OS. The van der Waals surface area contributed by atoms with Gasteiger partial charge in [-0.15, -0.1) is 10.2 Å². The molecule has 6 heteroatoms. The Hall–Kier alpha value is -2.21. The van der Waals surface area contributed by atoms with Gasteiger partial charge in [0, 0.05) is 24.1 Å². The first-order valence-electron chi connectivity index (χ1n) is 5.83. The van der Waals surface area contributed by atoms with E-state index in [1.54, 1.807) is 5.51 Å². The van der Waals surface area contributed by atoms with E-state index in [1.807, 2.05) is 42.1 Å². The molecule has 0 unspecified atom stereocenters. The average molecular weight is 272 g/mol. The average Bonchev–Trinajstić information content (AvgIpc) is 3.00. The van der Waals surface area contributed by atoms with Crippen molar-refractivity contribution in [3.8, 4) is 0 Å². The minimum atomic E-state index is -0.0758. The molecule has 1 N–H and O–H groups in total. The molecule has 0 spiro atoms. The standard InChI is InChI=1S/C13H12N4OS/c1-17-7-9(10-4-2-3-5-11(10)17)6-12(18)15-13-16-14-8-19-13/h2-5,7-8H,6H2,1H3,(H,15,16,18). The quantitative estimate of drug-likeness (QED) is 0.795. The molecule has 0 bridgehead atoms. The molecule has 0 saturated heterocycles. The molecule has 96 valence electrons. The topological polar surface area (TPSA) is 59.8 Å². The molecular weight excluding hydrogens is 260 g/mol. The van der Waals surface area contributed by atoms with Crippen LogP contribution < -0.4 is 5.32 Å². The van der Waals surface area contributed by atoms with Gasteiger partial charge in [-0.3, -0.25) is 4.79 Å². The monoisotopic (exact) mass is 272 g/mol. The number of amides is 1. The summed E-state index contributed by atoms with van der Waals surface area (Å²) >= 11 is 1.31. The second kappa shape index (κ2) is 4.81. The van der Waals surface area contributed by atoms with Crippen molar-refractivity contribution < 1.29 is 4.79 Å². The first-order chi connectivity index (χ1) is 9.24. The number of para-hydroxylation sites is 1. The van der Waals surface area contributed by atoms with E-state index in [0.717, 1.165) is 16.5 Å². The number of benzene rings is 1. The number of carbonyl (C=O) groups excluding carboxylic acids is 1. The van der Waals surface area contributed by atoms with E-state index in [4.69, 9.17) is 0 Å². The number of hydrogen-bond donors (Lipinski definition) is 1. The Bertz CT molecular complexity index is 717. The second-order valence-corrected chi connectivity index (χ2v) is 5.08. The van der Waals surface area contributed by atoms with Crippen LogP contribution in [0.1, 0.15) is 5.56 Å². The number of fused-ring (bicyclic) bond motifs is 1. The maximum atomic E-state index is 12.0. The first-order valence-corrected chi connectivity index (χ1v) is 6.71. The summed E-state index contributed by atoms with van der Waals surface area (Å²) in [6.45, 7) is 0. The second-order valence-electron chi connectivity index (χ2n) is 4.25. The van der Waals surface area contributed by atoms with Crippen molar-refractivity contribution in [2.24, 2.45) is 7.05 Å². The first kappa shape index (κ1) is 11.9. The van der Waals surface area contributed by atoms with E-state index in [-0.39, 0.29) is 5.91 Å². The molecule has 3 aromatic rings. The summed E-state index contributed by atoms with van der Waals surface area (Å²) in [7, 11) is 1.98. The Balaban J connectivity index is 1.83. The van der Waals surface area contributed by atoms with E-state index in [1.165, 1.54) is 11.3 Å². The predicted octanol–water partition coefficient (Wildman–Crippen LogP) is 2.21. The Morgan fingerprint density at radius 1 is 1.42 bits per heavy atom. The molecule has 0 atom stereocenters. The number of rotatable bonds is 3. The van der Waals surface area contributed by atoms with Gasteiger partial charge in [-0.2, -0.15) is 0 Å². The van der Waals surface area contributed by atoms with Gasteiger partial charge in [0.2, 0.25) is 11.0 Å². The van der Waals surface area contributed by atoms with Crippen LogP contribution >= 0.6 is 11.3 Å². The fourth-order valence-corrected chi connectivity index (χ4v) is 2.59. The SMILES string of the molecule is Cn1cc(CC(=O)Nc2nncs2)c2ccccc21. The van der Waals surface area contributed by atoms with Crippen molar-refractivity contribution in [2.75, 3.05) is 5.32 Å². The third kappa shape index (κ3) is 2.34. The summed E-state index contributed by atoms with van der Waals surface area (Å²) in [5.74, 6) is -0.0758. The smallest absolute Gasteiger partial charge is 0.230 e. The van der Waals surface area contributed by atoms with Crippen molar-refractivity contribution in [2.45, 2.75) is 6.42 Å². The molecule has 1 aromatic carbocycles. The van der Waals surface area contributed by atoms with Crippen LogP contribution in [-0.4, -0.2) is 20.7 Å². The normalized spacial score (nSPS) is 10.8. The zero-order chi connectivity index (χ0) is 13.2. The Morgan fingerprint density at radius 3 is 3.05 bits per heavy atom. The summed E-state index contributed by atoms with van der Waals surface area (Å²) in [5, 5.41) is 11.9. The van der Waals surface area contributed by atoms with Crippen LogP contribution in [0.2, 0.25) is 0 Å². The van der Waals surface area contributed by atoms with E-state index in [2.05, 4.69) is 15.5 Å². The number of anilines is 1. The number of carbonyl (C=O) groups is 1. The number of aryl methyl sites for hydroxylation is 1. The Labute approximate surface area is 113 Å². The molecule has 0 aliphatic heterocycles. The lowest BCUT2D eigenvalue weighted by atomic mass is 10.1. The van der Waals surface area contributed by atoms with Gasteiger partial charge in [0.1, 0.15) is 5.51 Å². The van der Waals surface area contributed by atoms with E-state index < -0.39 is 0 Å². The molecule has 0 aliphatic rings. The van der Waals surface area contributed by atoms with Crippen LogP contribution in [0.15, 0.2) is 36.0 Å². The van der Waals surface area contributed by atoms with Gasteiger partial charge in [-0.1, -0.05) is 29.5 Å². The summed E-state index contributed by atoms with van der Waals surface area (Å²) in [6, 6.07) is 8.05. The van der Waals surface area contributed by atoms with Crippen LogP contribution in [-0.2, 0) is 18.3 Å². The van der Waals surface area contributed by atoms with Crippen molar-refractivity contribution in [3.05, 3.63) is 41.5 Å². The highest BCUT2D eigenvalue weighted by Crippen LogP contribution is 2.21. The number of nitrogens with zero attached hydrogens (tertiary/aromatic N) is 3. The van der Waals surface area contributed by atoms with Crippen LogP contribution in [0.25, 0.3) is 10.9 Å². The largest absolute Gasteiger partial charge is 0.350 e. The molecule has 5 nitrogen and oxygen atoms in total. The summed E-state index contributed by atoms with van der Waals surface area (Å²) in [4.78, 5) is 12.0. The van der Waals surface area contributed by atoms with Gasteiger partial charge in [-0.05, 0) is 11.6 Å². The Kier molecular flexibility index (Phi) is 3.00. The molecule has 0 fully saturated rings. The molecule has 1 amide bonds. The van der Waals surface area contributed by atoms with Gasteiger partial charge in [-0.25, -0.2) is 0 Å². The number of aromatic nitrogens is 3. The Morgan fingerprint density at radius 2 is 2.26 bits per heavy atom. The maximum Gasteiger partial charge on any atom is 0.230 e. The highest BCUT2D eigenvalue weighted by atomic mass is 32.1. The molecule has 0 radical (unpaired) electrons. The summed E-state index contributed by atoms with van der Waals surface area (Å²) < 4.78 is 2.03. The van der Waals surface area contributed by atoms with Gasteiger partial charge in [0.15, 0.2) is 0 Å².